The van der Waals surface area contributed by atoms with E-state index in [0.717, 1.165) is 46.4 Å². The van der Waals surface area contributed by atoms with Gasteiger partial charge in [0.2, 0.25) is 0 Å². The Bertz CT molecular complexity index is 1250. The Balaban J connectivity index is 1.43. The number of nitrogens with zero attached hydrogens (tertiary/aromatic N) is 2. The fourth-order valence-corrected chi connectivity index (χ4v) is 5.54. The zero-order valence-corrected chi connectivity index (χ0v) is 17.8. The molecular formula is C21H17ClN4OS2. The summed E-state index contributed by atoms with van der Waals surface area (Å²) in [5, 5.41) is 6.75. The first kappa shape index (κ1) is 18.5. The molecule has 0 saturated heterocycles. The minimum absolute atomic E-state index is 0.261. The summed E-state index contributed by atoms with van der Waals surface area (Å²) in [7, 11) is 0. The van der Waals surface area contributed by atoms with Gasteiger partial charge in [-0.15, -0.1) is 22.7 Å². The maximum Gasteiger partial charge on any atom is 0.269 e. The molecule has 0 saturated carbocycles. The van der Waals surface area contributed by atoms with Gasteiger partial charge in [0.25, 0.3) is 5.91 Å². The van der Waals surface area contributed by atoms with E-state index in [2.05, 4.69) is 16.4 Å². The Hall–Kier alpha value is -2.48. The van der Waals surface area contributed by atoms with E-state index in [-0.39, 0.29) is 5.91 Å². The number of halogens is 1. The van der Waals surface area contributed by atoms with Gasteiger partial charge in [-0.3, -0.25) is 10.1 Å². The largest absolute Gasteiger partial charge is 0.397 e. The highest BCUT2D eigenvalue weighted by molar-refractivity contribution is 7.21. The summed E-state index contributed by atoms with van der Waals surface area (Å²) in [5.74, 6) is -0.261. The minimum atomic E-state index is -0.261. The lowest BCUT2D eigenvalue weighted by Crippen LogP contribution is -2.11. The van der Waals surface area contributed by atoms with Crippen molar-refractivity contribution >= 4 is 61.2 Å². The van der Waals surface area contributed by atoms with Crippen LogP contribution in [0.3, 0.4) is 0 Å². The van der Waals surface area contributed by atoms with Gasteiger partial charge in [-0.05, 0) is 43.4 Å². The number of hydrogen-bond acceptors (Lipinski definition) is 6. The molecule has 4 aromatic rings. The van der Waals surface area contributed by atoms with E-state index in [0.29, 0.717) is 20.7 Å². The number of pyridine rings is 1. The van der Waals surface area contributed by atoms with Gasteiger partial charge in [-0.25, -0.2) is 9.97 Å². The number of thiophene rings is 1. The second-order valence-corrected chi connectivity index (χ2v) is 9.24. The first-order chi connectivity index (χ1) is 14.1. The molecular weight excluding hydrogens is 424 g/mol. The van der Waals surface area contributed by atoms with Crippen LogP contribution in [0.2, 0.25) is 5.02 Å². The number of hydrogen-bond donors (Lipinski definition) is 2. The molecule has 5 nitrogen and oxygen atoms in total. The number of anilines is 2. The summed E-state index contributed by atoms with van der Waals surface area (Å²) in [4.78, 5) is 23.4. The van der Waals surface area contributed by atoms with Crippen molar-refractivity contribution in [3.8, 4) is 11.3 Å². The van der Waals surface area contributed by atoms with Crippen LogP contribution < -0.4 is 11.1 Å². The Morgan fingerprint density at radius 1 is 1.17 bits per heavy atom. The van der Waals surface area contributed by atoms with E-state index in [1.54, 1.807) is 0 Å². The number of aryl methyl sites for hydroxylation is 2. The quantitative estimate of drug-likeness (QED) is 0.422. The molecule has 0 aliphatic heterocycles. The third kappa shape index (κ3) is 3.39. The van der Waals surface area contributed by atoms with Gasteiger partial charge in [-0.1, -0.05) is 29.8 Å². The molecule has 0 atom stereocenters. The predicted molar refractivity (Wildman–Crippen MR) is 121 cm³/mol. The maximum atomic E-state index is 12.9. The fraction of sp³-hybridized carbons (Fsp3) is 0.190. The average molecular weight is 441 g/mol. The van der Waals surface area contributed by atoms with E-state index >= 15 is 0 Å². The lowest BCUT2D eigenvalue weighted by Gasteiger charge is -2.14. The molecule has 8 heteroatoms. The molecule has 0 fully saturated rings. The van der Waals surface area contributed by atoms with Crippen molar-refractivity contribution in [3.63, 3.8) is 0 Å². The molecule has 0 spiro atoms. The van der Waals surface area contributed by atoms with Crippen LogP contribution >= 0.6 is 34.3 Å². The first-order valence-electron chi connectivity index (χ1n) is 9.32. The molecule has 1 aromatic carbocycles. The van der Waals surface area contributed by atoms with Gasteiger partial charge in [0, 0.05) is 27.0 Å². The number of nitrogen functional groups attached to an aromatic ring is 1. The van der Waals surface area contributed by atoms with Crippen molar-refractivity contribution in [1.29, 1.82) is 0 Å². The Morgan fingerprint density at radius 2 is 2.00 bits per heavy atom. The van der Waals surface area contributed by atoms with Crippen molar-refractivity contribution in [2.45, 2.75) is 25.7 Å². The van der Waals surface area contributed by atoms with E-state index in [1.165, 1.54) is 34.7 Å². The predicted octanol–water partition coefficient (Wildman–Crippen LogP) is 5.79. The number of nitrogens with two attached hydrogens (primary N) is 1. The smallest absolute Gasteiger partial charge is 0.269 e. The van der Waals surface area contributed by atoms with Gasteiger partial charge in [0.15, 0.2) is 5.13 Å². The van der Waals surface area contributed by atoms with Crippen LogP contribution in [0, 0.1) is 0 Å². The van der Waals surface area contributed by atoms with Crippen LogP contribution in [0.1, 0.15) is 33.8 Å². The van der Waals surface area contributed by atoms with Crippen molar-refractivity contribution in [3.05, 3.63) is 56.9 Å². The molecule has 5 rings (SSSR count). The number of rotatable bonds is 3. The zero-order valence-electron chi connectivity index (χ0n) is 15.4. The number of aromatic nitrogens is 2. The number of nitrogens with one attached hydrogen (secondary N) is 1. The molecule has 3 N–H and O–H groups in total. The zero-order chi connectivity index (χ0) is 20.0. The molecule has 3 aromatic heterocycles. The Morgan fingerprint density at radius 3 is 2.86 bits per heavy atom. The van der Waals surface area contributed by atoms with Gasteiger partial charge in [0.1, 0.15) is 9.71 Å². The van der Waals surface area contributed by atoms with Crippen LogP contribution in [-0.2, 0) is 12.8 Å². The number of benzene rings is 1. The van der Waals surface area contributed by atoms with Crippen LogP contribution in [0.5, 0.6) is 0 Å². The Labute approximate surface area is 180 Å². The van der Waals surface area contributed by atoms with E-state index < -0.39 is 0 Å². The summed E-state index contributed by atoms with van der Waals surface area (Å²) >= 11 is 8.94. The van der Waals surface area contributed by atoms with E-state index in [4.69, 9.17) is 22.3 Å². The van der Waals surface area contributed by atoms with E-state index in [1.807, 2.05) is 29.6 Å². The molecule has 1 aliphatic rings. The van der Waals surface area contributed by atoms with Crippen LogP contribution in [-0.4, -0.2) is 15.9 Å². The molecule has 0 radical (unpaired) electrons. The second kappa shape index (κ2) is 7.40. The monoisotopic (exact) mass is 440 g/mol. The average Bonchev–Trinajstić information content (AvgIpc) is 3.31. The summed E-state index contributed by atoms with van der Waals surface area (Å²) in [6.45, 7) is 0. The normalized spacial score (nSPS) is 13.4. The summed E-state index contributed by atoms with van der Waals surface area (Å²) in [5.41, 5.74) is 10.8. The van der Waals surface area contributed by atoms with E-state index in [9.17, 15) is 4.79 Å². The molecule has 1 amide bonds. The molecule has 1 aliphatic carbocycles. The van der Waals surface area contributed by atoms with Crippen molar-refractivity contribution in [1.82, 2.24) is 9.97 Å². The fourth-order valence-electron chi connectivity index (χ4n) is 3.61. The number of amides is 1. The summed E-state index contributed by atoms with van der Waals surface area (Å²) in [6, 6.07) is 9.61. The highest BCUT2D eigenvalue weighted by Gasteiger charge is 2.21. The SMILES string of the molecule is Nc1c(C(=O)Nc2nc(-c3ccccc3Cl)cs2)sc2nc3c(cc12)CCCC3. The molecule has 0 unspecified atom stereocenters. The highest BCUT2D eigenvalue weighted by Crippen LogP contribution is 2.36. The summed E-state index contributed by atoms with van der Waals surface area (Å²) < 4.78 is 0. The van der Waals surface area contributed by atoms with Crippen LogP contribution in [0.25, 0.3) is 21.5 Å². The minimum Gasteiger partial charge on any atom is -0.397 e. The first-order valence-corrected chi connectivity index (χ1v) is 11.4. The standard InChI is InChI=1S/C21H17ClN4OS2/c22-14-7-3-2-6-12(14)16-10-28-21(25-16)26-19(27)18-17(23)13-9-11-5-1-4-8-15(11)24-20(13)29-18/h2-3,6-7,9-10H,1,4-5,8,23H2,(H,25,26,27). The lowest BCUT2D eigenvalue weighted by atomic mass is 9.95. The Kier molecular flexibility index (Phi) is 4.73. The number of fused-ring (bicyclic) bond motifs is 2. The summed E-state index contributed by atoms with van der Waals surface area (Å²) in [6.07, 6.45) is 4.36. The van der Waals surface area contributed by atoms with Gasteiger partial charge in [0.05, 0.1) is 11.4 Å². The maximum absolute atomic E-state index is 12.9. The van der Waals surface area contributed by atoms with Crippen molar-refractivity contribution in [2.24, 2.45) is 0 Å². The second-order valence-electron chi connectivity index (χ2n) is 6.97. The van der Waals surface area contributed by atoms with Crippen molar-refractivity contribution in [2.75, 3.05) is 11.1 Å². The molecule has 146 valence electrons. The molecule has 0 bridgehead atoms. The third-order valence-corrected chi connectivity index (χ3v) is 7.28. The van der Waals surface area contributed by atoms with Gasteiger partial charge in [-0.2, -0.15) is 0 Å². The van der Waals surface area contributed by atoms with Gasteiger partial charge < -0.3 is 5.73 Å². The molecule has 3 heterocycles. The highest BCUT2D eigenvalue weighted by atomic mass is 35.5. The number of carbonyl (C=O) groups excluding carboxylic acids is 1. The lowest BCUT2D eigenvalue weighted by molar-refractivity contribution is 0.103. The van der Waals surface area contributed by atoms with Crippen LogP contribution in [0.4, 0.5) is 10.8 Å². The number of carbonyl (C=O) groups is 1. The van der Waals surface area contributed by atoms with Gasteiger partial charge >= 0.3 is 0 Å². The third-order valence-electron chi connectivity index (χ3n) is 5.08. The van der Waals surface area contributed by atoms with Crippen LogP contribution in [0.15, 0.2) is 35.7 Å². The molecule has 29 heavy (non-hydrogen) atoms. The topological polar surface area (TPSA) is 80.9 Å². The van der Waals surface area contributed by atoms with Crippen molar-refractivity contribution < 1.29 is 4.79 Å². The number of thiazole rings is 1.